The normalized spacial score (nSPS) is 19.9. The van der Waals surface area contributed by atoms with Crippen molar-refractivity contribution in [1.82, 2.24) is 16.3 Å². The van der Waals surface area contributed by atoms with Crippen LogP contribution < -0.4 is 21.0 Å². The largest absolute Gasteiger partial charge is 0.497 e. The minimum atomic E-state index is -0.385. The molecule has 0 radical (unpaired) electrons. The number of halogens is 1. The number of hydrogen-bond donors (Lipinski definition) is 3. The summed E-state index contributed by atoms with van der Waals surface area (Å²) in [5, 5.41) is 4.68. The summed E-state index contributed by atoms with van der Waals surface area (Å²) in [6, 6.07) is 14.6. The third kappa shape index (κ3) is 4.36. The fourth-order valence-corrected chi connectivity index (χ4v) is 2.93. The molecular weight excluding hydrogens is 340 g/mol. The van der Waals surface area contributed by atoms with Gasteiger partial charge >= 0.3 is 0 Å². The molecule has 2 atom stereocenters. The van der Waals surface area contributed by atoms with Crippen LogP contribution in [-0.2, 0) is 4.79 Å². The van der Waals surface area contributed by atoms with E-state index in [0.29, 0.717) is 11.4 Å². The highest BCUT2D eigenvalue weighted by molar-refractivity contribution is 6.31. The molecule has 2 unspecified atom stereocenters. The Morgan fingerprint density at radius 2 is 2.12 bits per heavy atom. The smallest absolute Gasteiger partial charge is 0.258 e. The van der Waals surface area contributed by atoms with Crippen LogP contribution in [0.25, 0.3) is 0 Å². The number of methoxy groups -OCH3 is 1. The lowest BCUT2D eigenvalue weighted by atomic mass is 10.0. The van der Waals surface area contributed by atoms with Gasteiger partial charge in [0, 0.05) is 11.1 Å². The third-order valence-corrected chi connectivity index (χ3v) is 4.33. The van der Waals surface area contributed by atoms with E-state index in [-0.39, 0.29) is 18.0 Å². The van der Waals surface area contributed by atoms with Gasteiger partial charge in [0.1, 0.15) is 11.8 Å². The van der Waals surface area contributed by atoms with E-state index in [9.17, 15) is 4.79 Å². The van der Waals surface area contributed by atoms with E-state index in [1.807, 2.05) is 48.5 Å². The second kappa shape index (κ2) is 8.11. The Labute approximate surface area is 151 Å². The summed E-state index contributed by atoms with van der Waals surface area (Å²) < 4.78 is 5.15. The van der Waals surface area contributed by atoms with Crippen molar-refractivity contribution in [1.29, 1.82) is 0 Å². The first-order valence-corrected chi connectivity index (χ1v) is 8.27. The lowest BCUT2D eigenvalue weighted by molar-refractivity contribution is -0.122. The zero-order valence-electron chi connectivity index (χ0n) is 13.7. The number of carbonyl (C=O) groups is 1. The maximum Gasteiger partial charge on any atom is 0.258 e. The first-order valence-electron chi connectivity index (χ1n) is 7.90. The van der Waals surface area contributed by atoms with Crippen LogP contribution in [0.15, 0.2) is 53.6 Å². The van der Waals surface area contributed by atoms with Crippen LogP contribution >= 0.6 is 11.6 Å². The van der Waals surface area contributed by atoms with Gasteiger partial charge in [0.05, 0.1) is 13.3 Å². The molecule has 0 aliphatic carbocycles. The molecule has 7 heteroatoms. The van der Waals surface area contributed by atoms with Gasteiger partial charge in [0.15, 0.2) is 0 Å². The Bertz CT molecular complexity index is 781. The molecule has 130 valence electrons. The highest BCUT2D eigenvalue weighted by atomic mass is 35.5. The topological polar surface area (TPSA) is 74.8 Å². The number of hydrogen-bond acceptors (Lipinski definition) is 5. The van der Waals surface area contributed by atoms with Crippen molar-refractivity contribution in [3.05, 3.63) is 64.7 Å². The number of carbonyl (C=O) groups excluding carboxylic acids is 1. The van der Waals surface area contributed by atoms with Crippen LogP contribution in [0.1, 0.15) is 23.6 Å². The van der Waals surface area contributed by atoms with Crippen molar-refractivity contribution in [3.8, 4) is 5.75 Å². The van der Waals surface area contributed by atoms with E-state index in [0.717, 1.165) is 16.9 Å². The number of rotatable bonds is 5. The monoisotopic (exact) mass is 358 g/mol. The molecule has 3 rings (SSSR count). The molecule has 25 heavy (non-hydrogen) atoms. The first kappa shape index (κ1) is 17.4. The number of benzene rings is 2. The summed E-state index contributed by atoms with van der Waals surface area (Å²) in [5.74, 6) is 0.528. The van der Waals surface area contributed by atoms with Crippen molar-refractivity contribution in [2.24, 2.45) is 5.10 Å². The molecule has 1 aliphatic rings. The molecule has 0 bridgehead atoms. The van der Waals surface area contributed by atoms with Gasteiger partial charge in [-0.05, 0) is 35.7 Å². The minimum absolute atomic E-state index is 0.0215. The zero-order valence-corrected chi connectivity index (χ0v) is 14.5. The first-order chi connectivity index (χ1) is 12.2. The standard InChI is InChI=1S/C18H19ClN4O2/c1-25-13-6-4-5-12(9-13)11-20-23-18(24)17-10-16(21-22-17)14-7-2-3-8-15(14)19/h2-9,11,16-17,21-22H,10H2,1H3,(H,23,24)/b20-11-. The summed E-state index contributed by atoms with van der Waals surface area (Å²) in [6.45, 7) is 0. The third-order valence-electron chi connectivity index (χ3n) is 3.98. The van der Waals surface area contributed by atoms with Gasteiger partial charge in [-0.2, -0.15) is 5.10 Å². The Balaban J connectivity index is 1.55. The average Bonchev–Trinajstić information content (AvgIpc) is 3.12. The van der Waals surface area contributed by atoms with Gasteiger partial charge in [-0.15, -0.1) is 0 Å². The molecule has 0 saturated carbocycles. The maximum atomic E-state index is 12.2. The van der Waals surface area contributed by atoms with Crippen molar-refractivity contribution in [3.63, 3.8) is 0 Å². The Kier molecular flexibility index (Phi) is 5.65. The van der Waals surface area contributed by atoms with Crippen LogP contribution in [0.5, 0.6) is 5.75 Å². The number of nitrogens with zero attached hydrogens (tertiary/aromatic N) is 1. The van der Waals surface area contributed by atoms with Crippen molar-refractivity contribution in [2.75, 3.05) is 7.11 Å². The molecule has 0 aromatic heterocycles. The molecule has 3 N–H and O–H groups in total. The van der Waals surface area contributed by atoms with Gasteiger partial charge in [-0.1, -0.05) is 41.9 Å². The molecule has 1 aliphatic heterocycles. The molecule has 6 nitrogen and oxygen atoms in total. The van der Waals surface area contributed by atoms with E-state index in [1.165, 1.54) is 0 Å². The maximum absolute atomic E-state index is 12.2. The zero-order chi connectivity index (χ0) is 17.6. The van der Waals surface area contributed by atoms with Gasteiger partial charge in [0.2, 0.25) is 0 Å². The van der Waals surface area contributed by atoms with Crippen LogP contribution in [-0.4, -0.2) is 25.3 Å². The van der Waals surface area contributed by atoms with E-state index < -0.39 is 0 Å². The summed E-state index contributed by atoms with van der Waals surface area (Å²) in [6.07, 6.45) is 2.17. The Morgan fingerprint density at radius 1 is 1.28 bits per heavy atom. The quantitative estimate of drug-likeness (QED) is 0.567. The molecule has 2 aromatic rings. The lowest BCUT2D eigenvalue weighted by Gasteiger charge is -2.11. The van der Waals surface area contributed by atoms with Crippen molar-refractivity contribution < 1.29 is 9.53 Å². The highest BCUT2D eigenvalue weighted by Crippen LogP contribution is 2.28. The van der Waals surface area contributed by atoms with E-state index >= 15 is 0 Å². The molecule has 1 saturated heterocycles. The molecule has 2 aromatic carbocycles. The Morgan fingerprint density at radius 3 is 2.92 bits per heavy atom. The second-order valence-electron chi connectivity index (χ2n) is 5.66. The summed E-state index contributed by atoms with van der Waals surface area (Å²) >= 11 is 6.21. The molecule has 0 spiro atoms. The predicted octanol–water partition coefficient (Wildman–Crippen LogP) is 2.41. The fraction of sp³-hybridized carbons (Fsp3) is 0.222. The van der Waals surface area contributed by atoms with Gasteiger partial charge < -0.3 is 4.74 Å². The number of nitrogens with one attached hydrogen (secondary N) is 3. The summed E-state index contributed by atoms with van der Waals surface area (Å²) in [5.41, 5.74) is 10.4. The van der Waals surface area contributed by atoms with Crippen LogP contribution in [0.4, 0.5) is 0 Å². The van der Waals surface area contributed by atoms with Crippen LogP contribution in [0.2, 0.25) is 5.02 Å². The number of hydrazone groups is 1. The van der Waals surface area contributed by atoms with E-state index in [1.54, 1.807) is 13.3 Å². The van der Waals surface area contributed by atoms with E-state index in [4.69, 9.17) is 16.3 Å². The molecule has 1 fully saturated rings. The van der Waals surface area contributed by atoms with Gasteiger partial charge in [0.25, 0.3) is 5.91 Å². The van der Waals surface area contributed by atoms with Crippen molar-refractivity contribution in [2.45, 2.75) is 18.5 Å². The number of hydrazine groups is 1. The number of amides is 1. The predicted molar refractivity (Wildman–Crippen MR) is 97.6 cm³/mol. The van der Waals surface area contributed by atoms with Crippen LogP contribution in [0.3, 0.4) is 0 Å². The average molecular weight is 359 g/mol. The summed E-state index contributed by atoms with van der Waals surface area (Å²) in [7, 11) is 1.60. The molecular formula is C18H19ClN4O2. The second-order valence-corrected chi connectivity index (χ2v) is 6.07. The summed E-state index contributed by atoms with van der Waals surface area (Å²) in [4.78, 5) is 12.2. The van der Waals surface area contributed by atoms with Gasteiger partial charge in [-0.3, -0.25) is 4.79 Å². The number of ether oxygens (including phenoxy) is 1. The molecule has 1 heterocycles. The highest BCUT2D eigenvalue weighted by Gasteiger charge is 2.30. The van der Waals surface area contributed by atoms with Gasteiger partial charge in [-0.25, -0.2) is 16.3 Å². The minimum Gasteiger partial charge on any atom is -0.497 e. The van der Waals surface area contributed by atoms with Crippen LogP contribution in [0, 0.1) is 0 Å². The van der Waals surface area contributed by atoms with E-state index in [2.05, 4.69) is 21.4 Å². The van der Waals surface area contributed by atoms with Crippen molar-refractivity contribution >= 4 is 23.7 Å². The molecule has 1 amide bonds. The lowest BCUT2D eigenvalue weighted by Crippen LogP contribution is -2.41. The Hall–Kier alpha value is -2.41. The fourth-order valence-electron chi connectivity index (χ4n) is 2.66. The SMILES string of the molecule is COc1cccc(/C=N\NC(=O)C2CC(c3ccccc3Cl)NN2)c1.